The van der Waals surface area contributed by atoms with Crippen molar-refractivity contribution in [2.24, 2.45) is 0 Å². The number of nitrogens with zero attached hydrogens (tertiary/aromatic N) is 1. The van der Waals surface area contributed by atoms with Gasteiger partial charge in [-0.1, -0.05) is 40.2 Å². The van der Waals surface area contributed by atoms with Gasteiger partial charge in [-0.15, -0.1) is 0 Å². The van der Waals surface area contributed by atoms with Crippen molar-refractivity contribution < 1.29 is 9.53 Å². The summed E-state index contributed by atoms with van der Waals surface area (Å²) in [5, 5.41) is 11.7. The van der Waals surface area contributed by atoms with Crippen LogP contribution in [-0.4, -0.2) is 12.5 Å². The number of carbonyl (C=O) groups is 1. The molecule has 0 fully saturated rings. The lowest BCUT2D eigenvalue weighted by Gasteiger charge is -2.16. The zero-order valence-corrected chi connectivity index (χ0v) is 13.6. The molecule has 0 spiro atoms. The molecule has 0 radical (unpaired) electrons. The number of nitrogens with one attached hydrogen (secondary N) is 1. The van der Waals surface area contributed by atoms with Gasteiger partial charge in [0.1, 0.15) is 5.75 Å². The van der Waals surface area contributed by atoms with E-state index in [0.29, 0.717) is 11.3 Å². The van der Waals surface area contributed by atoms with Crippen LogP contribution >= 0.6 is 15.9 Å². The second-order valence-corrected chi connectivity index (χ2v) is 5.59. The first-order chi connectivity index (χ1) is 10.6. The van der Waals surface area contributed by atoms with Gasteiger partial charge in [0.05, 0.1) is 17.7 Å². The highest BCUT2D eigenvalue weighted by Gasteiger charge is 2.12. The third kappa shape index (κ3) is 4.34. The summed E-state index contributed by atoms with van der Waals surface area (Å²) < 4.78 is 6.35. The summed E-state index contributed by atoms with van der Waals surface area (Å²) in [4.78, 5) is 11.9. The van der Waals surface area contributed by atoms with Crippen LogP contribution in [0.15, 0.2) is 53.0 Å². The number of carbonyl (C=O) groups excluding carboxylic acids is 1. The van der Waals surface area contributed by atoms with Crippen molar-refractivity contribution in [2.45, 2.75) is 13.0 Å². The molecule has 0 heterocycles. The van der Waals surface area contributed by atoms with Gasteiger partial charge in [0, 0.05) is 4.47 Å². The largest absolute Gasteiger partial charge is 0.484 e. The number of nitriles is 1. The number of hydrogen-bond donors (Lipinski definition) is 1. The minimum absolute atomic E-state index is 0.0936. The molecule has 0 aliphatic rings. The fraction of sp³-hybridized carbons (Fsp3) is 0.176. The Labute approximate surface area is 137 Å². The van der Waals surface area contributed by atoms with Gasteiger partial charge in [0.25, 0.3) is 5.91 Å². The van der Waals surface area contributed by atoms with Gasteiger partial charge in [-0.3, -0.25) is 4.79 Å². The molecular formula is C17H15BrN2O2. The summed E-state index contributed by atoms with van der Waals surface area (Å²) in [7, 11) is 0. The highest BCUT2D eigenvalue weighted by atomic mass is 79.9. The average molecular weight is 359 g/mol. The SMILES string of the molecule is C[C@H](NC(=O)COc1cccc(C#N)c1)c1ccccc1Br. The van der Waals surface area contributed by atoms with Crippen molar-refractivity contribution in [2.75, 3.05) is 6.61 Å². The number of ether oxygens (including phenoxy) is 1. The van der Waals surface area contributed by atoms with E-state index in [2.05, 4.69) is 21.2 Å². The standard InChI is InChI=1S/C17H15BrN2O2/c1-12(15-7-2-3-8-16(15)18)20-17(21)11-22-14-6-4-5-13(9-14)10-19/h2-9,12H,11H2,1H3,(H,20,21)/t12-/m0/s1. The molecule has 0 saturated carbocycles. The third-order valence-corrected chi connectivity index (χ3v) is 3.80. The summed E-state index contributed by atoms with van der Waals surface area (Å²) in [5.41, 5.74) is 1.50. The quantitative estimate of drug-likeness (QED) is 0.888. The number of hydrogen-bond acceptors (Lipinski definition) is 3. The molecule has 5 heteroatoms. The molecule has 0 bridgehead atoms. The molecule has 1 atom stereocenters. The Bertz CT molecular complexity index is 710. The van der Waals surface area contributed by atoms with E-state index < -0.39 is 0 Å². The maximum Gasteiger partial charge on any atom is 0.258 e. The van der Waals surface area contributed by atoms with Gasteiger partial charge in [-0.05, 0) is 36.8 Å². The van der Waals surface area contributed by atoms with Gasteiger partial charge in [-0.25, -0.2) is 0 Å². The van der Waals surface area contributed by atoms with E-state index in [1.807, 2.05) is 37.3 Å². The Kier molecular flexibility index (Phi) is 5.56. The molecule has 1 N–H and O–H groups in total. The molecular weight excluding hydrogens is 344 g/mol. The van der Waals surface area contributed by atoms with E-state index in [1.54, 1.807) is 24.3 Å². The van der Waals surface area contributed by atoms with Crippen LogP contribution in [0.25, 0.3) is 0 Å². The molecule has 112 valence electrons. The van der Waals surface area contributed by atoms with Crippen molar-refractivity contribution in [3.8, 4) is 11.8 Å². The van der Waals surface area contributed by atoms with E-state index in [1.165, 1.54) is 0 Å². The van der Waals surface area contributed by atoms with Crippen molar-refractivity contribution in [1.29, 1.82) is 5.26 Å². The monoisotopic (exact) mass is 358 g/mol. The van der Waals surface area contributed by atoms with Gasteiger partial charge in [0.2, 0.25) is 0 Å². The molecule has 0 aliphatic carbocycles. The Morgan fingerprint density at radius 3 is 2.82 bits per heavy atom. The highest BCUT2D eigenvalue weighted by molar-refractivity contribution is 9.10. The second kappa shape index (κ2) is 7.62. The third-order valence-electron chi connectivity index (χ3n) is 3.08. The Morgan fingerprint density at radius 2 is 2.09 bits per heavy atom. The number of rotatable bonds is 5. The van der Waals surface area contributed by atoms with Crippen molar-refractivity contribution in [3.05, 3.63) is 64.1 Å². The van der Waals surface area contributed by atoms with E-state index in [9.17, 15) is 4.79 Å². The molecule has 0 aromatic heterocycles. The van der Waals surface area contributed by atoms with Crippen LogP contribution in [0.1, 0.15) is 24.1 Å². The molecule has 1 amide bonds. The van der Waals surface area contributed by atoms with E-state index >= 15 is 0 Å². The summed E-state index contributed by atoms with van der Waals surface area (Å²) in [6.45, 7) is 1.82. The normalized spacial score (nSPS) is 11.3. The Morgan fingerprint density at radius 1 is 1.32 bits per heavy atom. The topological polar surface area (TPSA) is 62.1 Å². The lowest BCUT2D eigenvalue weighted by Crippen LogP contribution is -2.31. The van der Waals surface area contributed by atoms with Crippen molar-refractivity contribution in [3.63, 3.8) is 0 Å². The van der Waals surface area contributed by atoms with Crippen molar-refractivity contribution in [1.82, 2.24) is 5.32 Å². The first kappa shape index (κ1) is 16.1. The Hall–Kier alpha value is -2.32. The van der Waals surface area contributed by atoms with Crippen molar-refractivity contribution >= 4 is 21.8 Å². The van der Waals surface area contributed by atoms with Crippen LogP contribution in [-0.2, 0) is 4.79 Å². The van der Waals surface area contributed by atoms with Gasteiger partial charge in [0.15, 0.2) is 6.61 Å². The first-order valence-corrected chi connectivity index (χ1v) is 7.56. The number of amides is 1. The summed E-state index contributed by atoms with van der Waals surface area (Å²) in [6.07, 6.45) is 0. The van der Waals surface area contributed by atoms with Crippen LogP contribution in [0.3, 0.4) is 0 Å². The fourth-order valence-corrected chi connectivity index (χ4v) is 2.62. The second-order valence-electron chi connectivity index (χ2n) is 4.74. The zero-order chi connectivity index (χ0) is 15.9. The predicted molar refractivity (Wildman–Crippen MR) is 87.4 cm³/mol. The molecule has 0 saturated heterocycles. The van der Waals surface area contributed by atoms with Gasteiger partial charge in [-0.2, -0.15) is 5.26 Å². The van der Waals surface area contributed by atoms with Crippen LogP contribution in [0.4, 0.5) is 0 Å². The lowest BCUT2D eigenvalue weighted by atomic mass is 10.1. The molecule has 2 aromatic carbocycles. The van der Waals surface area contributed by atoms with Crippen LogP contribution in [0.2, 0.25) is 0 Å². The maximum absolute atomic E-state index is 11.9. The lowest BCUT2D eigenvalue weighted by molar-refractivity contribution is -0.123. The molecule has 4 nitrogen and oxygen atoms in total. The minimum atomic E-state index is -0.217. The fourth-order valence-electron chi connectivity index (χ4n) is 1.99. The van der Waals surface area contributed by atoms with Gasteiger partial charge < -0.3 is 10.1 Å². The maximum atomic E-state index is 11.9. The summed E-state index contributed by atoms with van der Waals surface area (Å²) in [5.74, 6) is 0.286. The smallest absolute Gasteiger partial charge is 0.258 e. The predicted octanol–water partition coefficient (Wildman–Crippen LogP) is 3.58. The number of halogens is 1. The van der Waals surface area contributed by atoms with Gasteiger partial charge >= 0.3 is 0 Å². The minimum Gasteiger partial charge on any atom is -0.484 e. The molecule has 2 aromatic rings. The molecule has 2 rings (SSSR count). The number of benzene rings is 2. The average Bonchev–Trinajstić information content (AvgIpc) is 2.53. The highest BCUT2D eigenvalue weighted by Crippen LogP contribution is 2.22. The zero-order valence-electron chi connectivity index (χ0n) is 12.0. The van der Waals surface area contributed by atoms with Crippen LogP contribution < -0.4 is 10.1 Å². The molecule has 0 aliphatic heterocycles. The summed E-state index contributed by atoms with van der Waals surface area (Å²) >= 11 is 3.47. The molecule has 22 heavy (non-hydrogen) atoms. The van der Waals surface area contributed by atoms with E-state index in [4.69, 9.17) is 10.00 Å². The summed E-state index contributed by atoms with van der Waals surface area (Å²) in [6, 6.07) is 16.3. The van der Waals surface area contributed by atoms with E-state index in [-0.39, 0.29) is 18.6 Å². The Balaban J connectivity index is 1.90. The first-order valence-electron chi connectivity index (χ1n) is 6.77. The van der Waals surface area contributed by atoms with E-state index in [0.717, 1.165) is 10.0 Å². The molecule has 0 unspecified atom stereocenters. The van der Waals surface area contributed by atoms with Crippen LogP contribution in [0, 0.1) is 11.3 Å². The van der Waals surface area contributed by atoms with Crippen LogP contribution in [0.5, 0.6) is 5.75 Å².